The largest absolute Gasteiger partial charge is 0.262 e. The van der Waals surface area contributed by atoms with Crippen molar-refractivity contribution in [2.45, 2.75) is 24.3 Å². The maximum atomic E-state index is 11.9. The molecular formula is C9H12BrClN2O2S. The minimum atomic E-state index is -3.51. The Morgan fingerprint density at radius 2 is 2.25 bits per heavy atom. The molecule has 0 bridgehead atoms. The van der Waals surface area contributed by atoms with E-state index in [1.165, 1.54) is 18.5 Å². The molecule has 1 heterocycles. The SMILES string of the molecule is CC(CCCl)NS(=O)(=O)c1cncc(Br)c1. The quantitative estimate of drug-likeness (QED) is 0.843. The second-order valence-corrected chi connectivity index (χ2v) is 6.35. The van der Waals surface area contributed by atoms with Crippen LogP contribution >= 0.6 is 27.5 Å². The fourth-order valence-electron chi connectivity index (χ4n) is 1.09. The van der Waals surface area contributed by atoms with Crippen molar-refractivity contribution in [3.8, 4) is 0 Å². The van der Waals surface area contributed by atoms with E-state index in [4.69, 9.17) is 11.6 Å². The normalized spacial score (nSPS) is 13.7. The monoisotopic (exact) mass is 326 g/mol. The molecule has 0 aliphatic carbocycles. The van der Waals surface area contributed by atoms with Crippen LogP contribution in [0.15, 0.2) is 27.8 Å². The maximum absolute atomic E-state index is 11.9. The van der Waals surface area contributed by atoms with Crippen molar-refractivity contribution in [2.75, 3.05) is 5.88 Å². The smallest absolute Gasteiger partial charge is 0.242 e. The number of hydrogen-bond acceptors (Lipinski definition) is 3. The van der Waals surface area contributed by atoms with Crippen molar-refractivity contribution in [1.82, 2.24) is 9.71 Å². The number of sulfonamides is 1. The van der Waals surface area contributed by atoms with Crippen molar-refractivity contribution >= 4 is 37.6 Å². The van der Waals surface area contributed by atoms with Crippen LogP contribution in [0, 0.1) is 0 Å². The number of aromatic nitrogens is 1. The van der Waals surface area contributed by atoms with E-state index in [-0.39, 0.29) is 10.9 Å². The molecule has 0 amide bonds. The summed E-state index contributed by atoms with van der Waals surface area (Å²) in [5, 5.41) is 0. The number of rotatable bonds is 5. The first-order valence-electron chi connectivity index (χ1n) is 4.64. The summed E-state index contributed by atoms with van der Waals surface area (Å²) < 4.78 is 26.9. The molecule has 0 aliphatic rings. The molecule has 0 radical (unpaired) electrons. The average Bonchev–Trinajstić information content (AvgIpc) is 2.17. The van der Waals surface area contributed by atoms with Gasteiger partial charge in [-0.05, 0) is 35.3 Å². The topological polar surface area (TPSA) is 59.1 Å². The Hall–Kier alpha value is -0.170. The summed E-state index contributed by atoms with van der Waals surface area (Å²) in [5.41, 5.74) is 0. The second kappa shape index (κ2) is 5.95. The van der Waals surface area contributed by atoms with Gasteiger partial charge in [0.1, 0.15) is 4.90 Å². The highest BCUT2D eigenvalue weighted by Crippen LogP contribution is 2.14. The molecule has 4 nitrogen and oxygen atoms in total. The lowest BCUT2D eigenvalue weighted by atomic mass is 10.3. The predicted octanol–water partition coefficient (Wildman–Crippen LogP) is 2.14. The van der Waals surface area contributed by atoms with Crippen molar-refractivity contribution in [3.05, 3.63) is 22.9 Å². The lowest BCUT2D eigenvalue weighted by molar-refractivity contribution is 0.556. The van der Waals surface area contributed by atoms with E-state index >= 15 is 0 Å². The molecule has 0 spiro atoms. The molecule has 1 atom stereocenters. The molecule has 1 aromatic rings. The van der Waals surface area contributed by atoms with Gasteiger partial charge < -0.3 is 0 Å². The highest BCUT2D eigenvalue weighted by Gasteiger charge is 2.17. The Kier molecular flexibility index (Phi) is 5.17. The van der Waals surface area contributed by atoms with Crippen molar-refractivity contribution in [3.63, 3.8) is 0 Å². The molecule has 16 heavy (non-hydrogen) atoms. The molecule has 0 fully saturated rings. The van der Waals surface area contributed by atoms with Gasteiger partial charge in [0.25, 0.3) is 0 Å². The third-order valence-corrected chi connectivity index (χ3v) is 4.10. The van der Waals surface area contributed by atoms with Crippen LogP contribution in [0.4, 0.5) is 0 Å². The molecule has 1 aromatic heterocycles. The van der Waals surface area contributed by atoms with Gasteiger partial charge in [0.2, 0.25) is 10.0 Å². The van der Waals surface area contributed by atoms with Gasteiger partial charge in [-0.15, -0.1) is 11.6 Å². The summed E-state index contributed by atoms with van der Waals surface area (Å²) in [6.07, 6.45) is 3.42. The lowest BCUT2D eigenvalue weighted by Gasteiger charge is -2.12. The zero-order valence-electron chi connectivity index (χ0n) is 8.65. The molecule has 1 N–H and O–H groups in total. The van der Waals surface area contributed by atoms with Crippen LogP contribution in [0.25, 0.3) is 0 Å². The van der Waals surface area contributed by atoms with Gasteiger partial charge in [-0.25, -0.2) is 13.1 Å². The fraction of sp³-hybridized carbons (Fsp3) is 0.444. The van der Waals surface area contributed by atoms with Crippen LogP contribution in [-0.2, 0) is 10.0 Å². The number of nitrogens with one attached hydrogen (secondary N) is 1. The van der Waals surface area contributed by atoms with Gasteiger partial charge in [0.05, 0.1) is 0 Å². The van der Waals surface area contributed by atoms with E-state index in [9.17, 15) is 8.42 Å². The number of nitrogens with zero attached hydrogens (tertiary/aromatic N) is 1. The minimum Gasteiger partial charge on any atom is -0.262 e. The highest BCUT2D eigenvalue weighted by atomic mass is 79.9. The Morgan fingerprint density at radius 1 is 1.56 bits per heavy atom. The summed E-state index contributed by atoms with van der Waals surface area (Å²) >= 11 is 8.72. The first-order chi connectivity index (χ1) is 7.45. The Bertz CT molecular complexity index is 453. The van der Waals surface area contributed by atoms with Crippen LogP contribution in [0.2, 0.25) is 0 Å². The Balaban J connectivity index is 2.86. The summed E-state index contributed by atoms with van der Waals surface area (Å²) in [7, 11) is -3.51. The average molecular weight is 328 g/mol. The summed E-state index contributed by atoms with van der Waals surface area (Å²) in [5.74, 6) is 0.417. The minimum absolute atomic E-state index is 0.142. The fourth-order valence-corrected chi connectivity index (χ4v) is 3.20. The highest BCUT2D eigenvalue weighted by molar-refractivity contribution is 9.10. The molecule has 7 heteroatoms. The van der Waals surface area contributed by atoms with Crippen LogP contribution in [0.5, 0.6) is 0 Å². The number of halogens is 2. The van der Waals surface area contributed by atoms with E-state index < -0.39 is 10.0 Å². The van der Waals surface area contributed by atoms with E-state index in [1.54, 1.807) is 6.92 Å². The zero-order chi connectivity index (χ0) is 12.2. The molecule has 90 valence electrons. The summed E-state index contributed by atoms with van der Waals surface area (Å²) in [6.45, 7) is 1.77. The van der Waals surface area contributed by atoms with E-state index in [0.29, 0.717) is 16.8 Å². The van der Waals surface area contributed by atoms with Crippen LogP contribution < -0.4 is 4.72 Å². The molecule has 1 unspecified atom stereocenters. The first kappa shape index (κ1) is 13.9. The third-order valence-electron chi connectivity index (χ3n) is 1.89. The van der Waals surface area contributed by atoms with Gasteiger partial charge in [0, 0.05) is 28.8 Å². The van der Waals surface area contributed by atoms with E-state index in [2.05, 4.69) is 25.6 Å². The van der Waals surface area contributed by atoms with Crippen LogP contribution in [0.3, 0.4) is 0 Å². The maximum Gasteiger partial charge on any atom is 0.242 e. The first-order valence-corrected chi connectivity index (χ1v) is 7.45. The molecule has 0 saturated carbocycles. The summed E-state index contributed by atoms with van der Waals surface area (Å²) in [4.78, 5) is 3.95. The van der Waals surface area contributed by atoms with Gasteiger partial charge in [0.15, 0.2) is 0 Å². The van der Waals surface area contributed by atoms with Crippen molar-refractivity contribution < 1.29 is 8.42 Å². The number of pyridine rings is 1. The van der Waals surface area contributed by atoms with Gasteiger partial charge in [-0.1, -0.05) is 0 Å². The van der Waals surface area contributed by atoms with Crippen molar-refractivity contribution in [2.24, 2.45) is 0 Å². The van der Waals surface area contributed by atoms with Gasteiger partial charge in [-0.2, -0.15) is 0 Å². The zero-order valence-corrected chi connectivity index (χ0v) is 11.8. The van der Waals surface area contributed by atoms with Crippen LogP contribution in [-0.4, -0.2) is 25.3 Å². The van der Waals surface area contributed by atoms with Gasteiger partial charge >= 0.3 is 0 Å². The van der Waals surface area contributed by atoms with Crippen LogP contribution in [0.1, 0.15) is 13.3 Å². The Morgan fingerprint density at radius 3 is 2.81 bits per heavy atom. The van der Waals surface area contributed by atoms with Crippen molar-refractivity contribution in [1.29, 1.82) is 0 Å². The van der Waals surface area contributed by atoms with E-state index in [0.717, 1.165) is 0 Å². The lowest BCUT2D eigenvalue weighted by Crippen LogP contribution is -2.32. The van der Waals surface area contributed by atoms with Gasteiger partial charge in [-0.3, -0.25) is 4.98 Å². The molecular weight excluding hydrogens is 316 g/mol. The standard InChI is InChI=1S/C9H12BrClN2O2S/c1-7(2-3-11)13-16(14,15)9-4-8(10)5-12-6-9/h4-7,13H,2-3H2,1H3. The second-order valence-electron chi connectivity index (χ2n) is 3.34. The Labute approximate surface area is 109 Å². The predicted molar refractivity (Wildman–Crippen MR) is 67.1 cm³/mol. The number of hydrogen-bond donors (Lipinski definition) is 1. The molecule has 0 aromatic carbocycles. The molecule has 0 aliphatic heterocycles. The van der Waals surface area contributed by atoms with E-state index in [1.807, 2.05) is 0 Å². The molecule has 1 rings (SSSR count). The third kappa shape index (κ3) is 4.01. The number of alkyl halides is 1. The summed E-state index contributed by atoms with van der Waals surface area (Å²) in [6, 6.07) is 1.31. The molecule has 0 saturated heterocycles.